The van der Waals surface area contributed by atoms with Crippen LogP contribution in [-0.4, -0.2) is 8.42 Å². The number of rotatable bonds is 3. The molecule has 2 aromatic carbocycles. The molecule has 23 heavy (non-hydrogen) atoms. The zero-order chi connectivity index (χ0) is 15.7. The van der Waals surface area contributed by atoms with Gasteiger partial charge in [-0.3, -0.25) is 0 Å². The van der Waals surface area contributed by atoms with Gasteiger partial charge in [-0.25, -0.2) is 17.5 Å². The molecule has 3 rings (SSSR count). The van der Waals surface area contributed by atoms with Crippen LogP contribution in [0.1, 0.15) is 30.0 Å². The molecule has 1 unspecified atom stereocenters. The molecule has 3 N–H and O–H groups in total. The molecule has 0 fully saturated rings. The molecule has 0 aromatic heterocycles. The third kappa shape index (κ3) is 3.83. The van der Waals surface area contributed by atoms with Crippen LogP contribution >= 0.6 is 12.4 Å². The Morgan fingerprint density at radius 1 is 1.13 bits per heavy atom. The monoisotopic (exact) mass is 356 g/mol. The largest absolute Gasteiger partial charge is 0.399 e. The van der Waals surface area contributed by atoms with E-state index in [0.29, 0.717) is 5.69 Å². The number of aryl methyl sites for hydroxylation is 1. The van der Waals surface area contributed by atoms with E-state index in [1.165, 1.54) is 12.1 Å². The topological polar surface area (TPSA) is 72.2 Å². The van der Waals surface area contributed by atoms with Crippen molar-refractivity contribution < 1.29 is 12.8 Å². The van der Waals surface area contributed by atoms with E-state index in [0.717, 1.165) is 42.5 Å². The van der Waals surface area contributed by atoms with Gasteiger partial charge in [0.05, 0.1) is 4.90 Å². The Labute approximate surface area is 141 Å². The highest BCUT2D eigenvalue weighted by molar-refractivity contribution is 7.89. The van der Waals surface area contributed by atoms with Gasteiger partial charge in [0.25, 0.3) is 0 Å². The SMILES string of the molecule is Cl.Nc1ccc2c(c1)CCCC2NS(=O)(=O)c1ccc(F)cc1. The first-order valence-corrected chi connectivity index (χ1v) is 8.60. The second-order valence-corrected chi connectivity index (χ2v) is 7.19. The van der Waals surface area contributed by atoms with Gasteiger partial charge in [-0.05, 0) is 66.8 Å². The molecule has 0 aliphatic heterocycles. The van der Waals surface area contributed by atoms with Crippen molar-refractivity contribution in [2.24, 2.45) is 0 Å². The second-order valence-electron chi connectivity index (χ2n) is 5.48. The van der Waals surface area contributed by atoms with E-state index in [4.69, 9.17) is 5.73 Å². The van der Waals surface area contributed by atoms with Gasteiger partial charge < -0.3 is 5.73 Å². The molecule has 0 heterocycles. The summed E-state index contributed by atoms with van der Waals surface area (Å²) < 4.78 is 40.5. The summed E-state index contributed by atoms with van der Waals surface area (Å²) in [6.07, 6.45) is 2.53. The molecule has 0 saturated carbocycles. The van der Waals surface area contributed by atoms with Gasteiger partial charge in [-0.15, -0.1) is 12.4 Å². The fourth-order valence-corrected chi connectivity index (χ4v) is 4.08. The van der Waals surface area contributed by atoms with Crippen molar-refractivity contribution in [3.63, 3.8) is 0 Å². The minimum atomic E-state index is -3.68. The number of nitrogens with one attached hydrogen (secondary N) is 1. The van der Waals surface area contributed by atoms with Crippen LogP contribution in [0.2, 0.25) is 0 Å². The van der Waals surface area contributed by atoms with Crippen LogP contribution in [0.3, 0.4) is 0 Å². The molecule has 1 aliphatic rings. The van der Waals surface area contributed by atoms with Crippen molar-refractivity contribution in [1.29, 1.82) is 0 Å². The number of hydrogen-bond donors (Lipinski definition) is 2. The number of anilines is 1. The summed E-state index contributed by atoms with van der Waals surface area (Å²) in [5.41, 5.74) is 8.51. The first-order chi connectivity index (χ1) is 10.5. The lowest BCUT2D eigenvalue weighted by Crippen LogP contribution is -2.31. The van der Waals surface area contributed by atoms with Crippen molar-refractivity contribution >= 4 is 28.1 Å². The maximum atomic E-state index is 12.9. The first-order valence-electron chi connectivity index (χ1n) is 7.12. The van der Waals surface area contributed by atoms with E-state index in [2.05, 4.69) is 4.72 Å². The molecule has 0 amide bonds. The van der Waals surface area contributed by atoms with E-state index in [1.807, 2.05) is 12.1 Å². The van der Waals surface area contributed by atoms with Crippen LogP contribution in [0.5, 0.6) is 0 Å². The van der Waals surface area contributed by atoms with Crippen molar-refractivity contribution in [2.45, 2.75) is 30.2 Å². The average molecular weight is 357 g/mol. The number of fused-ring (bicyclic) bond motifs is 1. The molecule has 1 aliphatic carbocycles. The number of hydrogen-bond acceptors (Lipinski definition) is 3. The van der Waals surface area contributed by atoms with Gasteiger partial charge in [0.1, 0.15) is 5.82 Å². The maximum Gasteiger partial charge on any atom is 0.241 e. The Kier molecular flexibility index (Phi) is 5.29. The van der Waals surface area contributed by atoms with Crippen molar-refractivity contribution in [3.05, 3.63) is 59.4 Å². The molecule has 4 nitrogen and oxygen atoms in total. The molecular formula is C16H18ClFN2O2S. The van der Waals surface area contributed by atoms with E-state index < -0.39 is 15.8 Å². The highest BCUT2D eigenvalue weighted by atomic mass is 35.5. The summed E-state index contributed by atoms with van der Waals surface area (Å²) in [4.78, 5) is 0.0662. The third-order valence-electron chi connectivity index (χ3n) is 3.90. The van der Waals surface area contributed by atoms with Crippen LogP contribution in [-0.2, 0) is 16.4 Å². The lowest BCUT2D eigenvalue weighted by atomic mass is 9.88. The maximum absolute atomic E-state index is 12.9. The van der Waals surface area contributed by atoms with Gasteiger partial charge >= 0.3 is 0 Å². The van der Waals surface area contributed by atoms with E-state index in [9.17, 15) is 12.8 Å². The summed E-state index contributed by atoms with van der Waals surface area (Å²) in [6, 6.07) is 10.1. The normalized spacial score (nSPS) is 17.2. The Hall–Kier alpha value is -1.63. The van der Waals surface area contributed by atoms with Crippen molar-refractivity contribution in [2.75, 3.05) is 5.73 Å². The lowest BCUT2D eigenvalue weighted by molar-refractivity contribution is 0.507. The number of sulfonamides is 1. The summed E-state index contributed by atoms with van der Waals surface area (Å²) in [5.74, 6) is -0.461. The van der Waals surface area contributed by atoms with E-state index in [-0.39, 0.29) is 23.3 Å². The molecular weight excluding hydrogens is 339 g/mol. The number of halogens is 2. The Morgan fingerprint density at radius 2 is 1.83 bits per heavy atom. The lowest BCUT2D eigenvalue weighted by Gasteiger charge is -2.26. The fourth-order valence-electron chi connectivity index (χ4n) is 2.83. The van der Waals surface area contributed by atoms with Gasteiger partial charge in [0.2, 0.25) is 10.0 Å². The zero-order valence-corrected chi connectivity index (χ0v) is 14.0. The molecule has 0 saturated heterocycles. The van der Waals surface area contributed by atoms with Gasteiger partial charge in [0, 0.05) is 11.7 Å². The molecule has 124 valence electrons. The molecule has 1 atom stereocenters. The molecule has 0 radical (unpaired) electrons. The fraction of sp³-hybridized carbons (Fsp3) is 0.250. The summed E-state index contributed by atoms with van der Waals surface area (Å²) in [5, 5.41) is 0. The van der Waals surface area contributed by atoms with E-state index in [1.54, 1.807) is 6.07 Å². The number of nitrogens with two attached hydrogens (primary N) is 1. The minimum Gasteiger partial charge on any atom is -0.399 e. The Morgan fingerprint density at radius 3 is 2.52 bits per heavy atom. The number of benzene rings is 2. The number of nitrogen functional groups attached to an aromatic ring is 1. The van der Waals surface area contributed by atoms with E-state index >= 15 is 0 Å². The van der Waals surface area contributed by atoms with Gasteiger partial charge in [-0.2, -0.15) is 0 Å². The zero-order valence-electron chi connectivity index (χ0n) is 12.3. The van der Waals surface area contributed by atoms with Gasteiger partial charge in [0.15, 0.2) is 0 Å². The molecule has 2 aromatic rings. The summed E-state index contributed by atoms with van der Waals surface area (Å²) in [6.45, 7) is 0. The molecule has 0 spiro atoms. The van der Waals surface area contributed by atoms with Crippen LogP contribution in [0, 0.1) is 5.82 Å². The van der Waals surface area contributed by atoms with Crippen LogP contribution < -0.4 is 10.5 Å². The van der Waals surface area contributed by atoms with Crippen LogP contribution in [0.15, 0.2) is 47.4 Å². The summed E-state index contributed by atoms with van der Waals surface area (Å²) in [7, 11) is -3.68. The minimum absolute atomic E-state index is 0. The molecule has 7 heteroatoms. The van der Waals surface area contributed by atoms with Crippen molar-refractivity contribution in [1.82, 2.24) is 4.72 Å². The standard InChI is InChI=1S/C16H17FN2O2S.ClH/c17-12-4-7-14(8-5-12)22(20,21)19-16-3-1-2-11-10-13(18)6-9-15(11)16;/h4-10,16,19H,1-3,18H2;1H. The predicted octanol–water partition coefficient (Wildman–Crippen LogP) is 3.19. The average Bonchev–Trinajstić information content (AvgIpc) is 2.47. The predicted molar refractivity (Wildman–Crippen MR) is 90.5 cm³/mol. The summed E-state index contributed by atoms with van der Waals surface area (Å²) >= 11 is 0. The Bertz CT molecular complexity index is 794. The van der Waals surface area contributed by atoms with Crippen molar-refractivity contribution in [3.8, 4) is 0 Å². The van der Waals surface area contributed by atoms with Crippen LogP contribution in [0.4, 0.5) is 10.1 Å². The smallest absolute Gasteiger partial charge is 0.241 e. The Balaban J connectivity index is 0.00000192. The molecule has 0 bridgehead atoms. The highest BCUT2D eigenvalue weighted by Gasteiger charge is 2.25. The highest BCUT2D eigenvalue weighted by Crippen LogP contribution is 2.32. The van der Waals surface area contributed by atoms with Crippen LogP contribution in [0.25, 0.3) is 0 Å². The third-order valence-corrected chi connectivity index (χ3v) is 5.39. The second kappa shape index (κ2) is 6.86. The quantitative estimate of drug-likeness (QED) is 0.829. The van der Waals surface area contributed by atoms with Gasteiger partial charge in [-0.1, -0.05) is 6.07 Å². The first kappa shape index (κ1) is 17.7.